The van der Waals surface area contributed by atoms with Crippen LogP contribution in [0.25, 0.3) is 0 Å². The third-order valence-electron chi connectivity index (χ3n) is 4.23. The van der Waals surface area contributed by atoms with Crippen molar-refractivity contribution in [1.82, 2.24) is 9.88 Å². The van der Waals surface area contributed by atoms with E-state index in [9.17, 15) is 9.59 Å². The highest BCUT2D eigenvalue weighted by Crippen LogP contribution is 2.21. The smallest absolute Gasteiger partial charge is 0.274 e. The summed E-state index contributed by atoms with van der Waals surface area (Å²) < 4.78 is 5.69. The number of morpholine rings is 1. The van der Waals surface area contributed by atoms with Gasteiger partial charge in [-0.15, -0.1) is 0 Å². The van der Waals surface area contributed by atoms with Crippen molar-refractivity contribution in [3.63, 3.8) is 0 Å². The monoisotopic (exact) mass is 353 g/mol. The Morgan fingerprint density at radius 1 is 1.08 bits per heavy atom. The van der Waals surface area contributed by atoms with Crippen LogP contribution in [0.2, 0.25) is 0 Å². The van der Waals surface area contributed by atoms with Crippen LogP contribution in [0.15, 0.2) is 42.5 Å². The maximum absolute atomic E-state index is 13.0. The Morgan fingerprint density at radius 3 is 2.46 bits per heavy atom. The highest BCUT2D eigenvalue weighted by molar-refractivity contribution is 6.08. The highest BCUT2D eigenvalue weighted by Gasteiger charge is 2.28. The number of nitrogens with one attached hydrogen (secondary N) is 1. The summed E-state index contributed by atoms with van der Waals surface area (Å²) in [5.41, 5.74) is 2.03. The van der Waals surface area contributed by atoms with Gasteiger partial charge in [-0.3, -0.25) is 9.59 Å². The first-order valence-corrected chi connectivity index (χ1v) is 8.73. The molecule has 0 spiro atoms. The minimum atomic E-state index is -0.335. The Bertz CT molecular complexity index is 811. The van der Waals surface area contributed by atoms with Gasteiger partial charge >= 0.3 is 0 Å². The van der Waals surface area contributed by atoms with Crippen molar-refractivity contribution >= 4 is 17.5 Å². The number of benzene rings is 1. The van der Waals surface area contributed by atoms with Crippen molar-refractivity contribution < 1.29 is 14.3 Å². The minimum Gasteiger partial charge on any atom is -0.372 e. The van der Waals surface area contributed by atoms with Crippen LogP contribution < -0.4 is 5.32 Å². The lowest BCUT2D eigenvalue weighted by Gasteiger charge is -2.35. The molecule has 2 heterocycles. The Balaban J connectivity index is 1.82. The summed E-state index contributed by atoms with van der Waals surface area (Å²) in [6.45, 7) is 6.80. The number of aromatic nitrogens is 1. The van der Waals surface area contributed by atoms with E-state index in [-0.39, 0.29) is 24.0 Å². The topological polar surface area (TPSA) is 71.5 Å². The Labute approximate surface area is 153 Å². The molecule has 0 radical (unpaired) electrons. The summed E-state index contributed by atoms with van der Waals surface area (Å²) in [5.74, 6) is -0.447. The van der Waals surface area contributed by atoms with Crippen LogP contribution in [0.5, 0.6) is 0 Å². The number of aryl methyl sites for hydroxylation is 1. The largest absolute Gasteiger partial charge is 0.372 e. The summed E-state index contributed by atoms with van der Waals surface area (Å²) in [5, 5.41) is 2.82. The molecule has 1 aromatic carbocycles. The molecule has 1 fully saturated rings. The second-order valence-electron chi connectivity index (χ2n) is 6.63. The second-order valence-corrected chi connectivity index (χ2v) is 6.63. The third-order valence-corrected chi connectivity index (χ3v) is 4.23. The fourth-order valence-corrected chi connectivity index (χ4v) is 3.15. The van der Waals surface area contributed by atoms with Crippen molar-refractivity contribution in [3.8, 4) is 0 Å². The number of ether oxygens (including phenoxy) is 1. The fraction of sp³-hybridized carbons (Fsp3) is 0.350. The number of anilines is 1. The average molecular weight is 353 g/mol. The predicted octanol–water partition coefficient (Wildman–Crippen LogP) is 2.89. The van der Waals surface area contributed by atoms with Crippen LogP contribution in [0.3, 0.4) is 0 Å². The summed E-state index contributed by atoms with van der Waals surface area (Å²) >= 11 is 0. The molecular formula is C20H23N3O3. The molecule has 1 saturated heterocycles. The van der Waals surface area contributed by atoms with E-state index in [2.05, 4.69) is 10.3 Å². The van der Waals surface area contributed by atoms with Crippen molar-refractivity contribution in [2.24, 2.45) is 0 Å². The number of para-hydroxylation sites is 1. The van der Waals surface area contributed by atoms with Crippen LogP contribution >= 0.6 is 0 Å². The van der Waals surface area contributed by atoms with Gasteiger partial charge in [0.15, 0.2) is 0 Å². The minimum absolute atomic E-state index is 0.0130. The molecular weight excluding hydrogens is 330 g/mol. The summed E-state index contributed by atoms with van der Waals surface area (Å²) in [6.07, 6.45) is -0.0260. The molecule has 6 heteroatoms. The molecule has 0 saturated carbocycles. The number of nitrogens with zero attached hydrogens (tertiary/aromatic N) is 2. The molecule has 2 atom stereocenters. The quantitative estimate of drug-likeness (QED) is 0.921. The van der Waals surface area contributed by atoms with Gasteiger partial charge in [-0.05, 0) is 45.0 Å². The van der Waals surface area contributed by atoms with Gasteiger partial charge in [0.2, 0.25) is 0 Å². The molecule has 2 aromatic rings. The maximum Gasteiger partial charge on any atom is 0.274 e. The lowest BCUT2D eigenvalue weighted by Crippen LogP contribution is -2.48. The van der Waals surface area contributed by atoms with Gasteiger partial charge in [-0.1, -0.05) is 18.2 Å². The Kier molecular flexibility index (Phi) is 5.32. The van der Waals surface area contributed by atoms with Crippen LogP contribution in [-0.2, 0) is 4.74 Å². The zero-order chi connectivity index (χ0) is 18.7. The molecule has 1 aliphatic heterocycles. The van der Waals surface area contributed by atoms with Crippen molar-refractivity contribution in [3.05, 3.63) is 59.4 Å². The fourth-order valence-electron chi connectivity index (χ4n) is 3.15. The van der Waals surface area contributed by atoms with E-state index in [1.165, 1.54) is 0 Å². The first-order valence-electron chi connectivity index (χ1n) is 8.73. The molecule has 6 nitrogen and oxygen atoms in total. The molecule has 136 valence electrons. The number of hydrogen-bond donors (Lipinski definition) is 1. The van der Waals surface area contributed by atoms with E-state index in [1.807, 2.05) is 26.8 Å². The van der Waals surface area contributed by atoms with E-state index in [1.54, 1.807) is 41.3 Å². The van der Waals surface area contributed by atoms with Gasteiger partial charge in [0.1, 0.15) is 5.69 Å². The molecule has 0 unspecified atom stereocenters. The lowest BCUT2D eigenvalue weighted by molar-refractivity contribution is -0.0585. The van der Waals surface area contributed by atoms with Crippen LogP contribution in [0, 0.1) is 6.92 Å². The SMILES string of the molecule is Cc1cccc(C(=O)Nc2ccccc2C(=O)N2C[C@@H](C)O[C@@H](C)C2)n1. The average Bonchev–Trinajstić information content (AvgIpc) is 2.61. The number of hydrogen-bond acceptors (Lipinski definition) is 4. The Morgan fingerprint density at radius 2 is 1.77 bits per heavy atom. The van der Waals surface area contributed by atoms with Crippen molar-refractivity contribution in [2.45, 2.75) is 33.0 Å². The highest BCUT2D eigenvalue weighted by atomic mass is 16.5. The first-order chi connectivity index (χ1) is 12.4. The second kappa shape index (κ2) is 7.66. The number of carbonyl (C=O) groups excluding carboxylic acids is 2. The lowest BCUT2D eigenvalue weighted by atomic mass is 10.1. The first kappa shape index (κ1) is 18.1. The zero-order valence-electron chi connectivity index (χ0n) is 15.2. The molecule has 1 N–H and O–H groups in total. The predicted molar refractivity (Wildman–Crippen MR) is 99.3 cm³/mol. The van der Waals surface area contributed by atoms with Crippen LogP contribution in [0.4, 0.5) is 5.69 Å². The van der Waals surface area contributed by atoms with Crippen molar-refractivity contribution in [1.29, 1.82) is 0 Å². The Hall–Kier alpha value is -2.73. The van der Waals surface area contributed by atoms with Gasteiger partial charge in [-0.25, -0.2) is 4.98 Å². The summed E-state index contributed by atoms with van der Waals surface area (Å²) in [4.78, 5) is 31.5. The van der Waals surface area contributed by atoms with E-state index in [0.29, 0.717) is 30.0 Å². The number of pyridine rings is 1. The standard InChI is InChI=1S/C20H23N3O3/c1-13-7-6-10-18(21-13)19(24)22-17-9-5-4-8-16(17)20(25)23-11-14(2)26-15(3)12-23/h4-10,14-15H,11-12H2,1-3H3,(H,22,24)/t14-,15+. The molecule has 26 heavy (non-hydrogen) atoms. The van der Waals surface area contributed by atoms with Gasteiger partial charge in [-0.2, -0.15) is 0 Å². The number of rotatable bonds is 3. The van der Waals surface area contributed by atoms with E-state index >= 15 is 0 Å². The molecule has 0 bridgehead atoms. The van der Waals surface area contributed by atoms with Gasteiger partial charge in [0, 0.05) is 18.8 Å². The van der Waals surface area contributed by atoms with E-state index < -0.39 is 0 Å². The summed E-state index contributed by atoms with van der Waals surface area (Å²) in [6, 6.07) is 12.3. The molecule has 3 rings (SSSR count). The van der Waals surface area contributed by atoms with E-state index in [4.69, 9.17) is 4.74 Å². The van der Waals surface area contributed by atoms with E-state index in [0.717, 1.165) is 5.69 Å². The van der Waals surface area contributed by atoms with Gasteiger partial charge < -0.3 is 15.0 Å². The zero-order valence-corrected chi connectivity index (χ0v) is 15.2. The third kappa shape index (κ3) is 4.08. The normalized spacial score (nSPS) is 19.9. The van der Waals surface area contributed by atoms with Crippen LogP contribution in [-0.4, -0.2) is 47.0 Å². The molecule has 1 aromatic heterocycles. The molecule has 1 aliphatic rings. The summed E-state index contributed by atoms with van der Waals surface area (Å²) in [7, 11) is 0. The van der Waals surface area contributed by atoms with Crippen LogP contribution in [0.1, 0.15) is 40.4 Å². The molecule has 0 aliphatic carbocycles. The number of amides is 2. The number of carbonyl (C=O) groups is 2. The maximum atomic E-state index is 13.0. The van der Waals surface area contributed by atoms with Crippen molar-refractivity contribution in [2.75, 3.05) is 18.4 Å². The van der Waals surface area contributed by atoms with Gasteiger partial charge in [0.25, 0.3) is 11.8 Å². The molecule has 2 amide bonds. The van der Waals surface area contributed by atoms with Gasteiger partial charge in [0.05, 0.1) is 23.5 Å².